The fourth-order valence-corrected chi connectivity index (χ4v) is 1.05. The van der Waals surface area contributed by atoms with Gasteiger partial charge in [-0.25, -0.2) is 9.18 Å². The second kappa shape index (κ2) is 5.07. The fraction of sp³-hybridized carbons (Fsp3) is 0.111. The summed E-state index contributed by atoms with van der Waals surface area (Å²) in [6.45, 7) is -3.25. The summed E-state index contributed by atoms with van der Waals surface area (Å²) in [5.41, 5.74) is -0.677. The van der Waals surface area contributed by atoms with Crippen molar-refractivity contribution in [2.24, 2.45) is 0 Å². The van der Waals surface area contributed by atoms with Crippen molar-refractivity contribution in [2.45, 2.75) is 6.61 Å². The Morgan fingerprint density at radius 1 is 1.53 bits per heavy atom. The quantitative estimate of drug-likeness (QED) is 0.857. The predicted octanol–water partition coefficient (Wildman–Crippen LogP) is 2.39. The number of hydrogen-bond acceptors (Lipinski definition) is 3. The molecule has 0 aromatic heterocycles. The summed E-state index contributed by atoms with van der Waals surface area (Å²) in [4.78, 5) is 10.4. The number of amides is 1. The van der Waals surface area contributed by atoms with Crippen LogP contribution in [0.4, 0.5) is 23.7 Å². The zero-order chi connectivity index (χ0) is 13.0. The number of carboxylic acid groups (broad SMARTS) is 1. The lowest BCUT2D eigenvalue weighted by Gasteiger charge is -2.09. The minimum atomic E-state index is -3.25. The number of halogens is 3. The fourth-order valence-electron chi connectivity index (χ4n) is 1.05. The van der Waals surface area contributed by atoms with E-state index >= 15 is 0 Å². The Bertz CT molecular complexity index is 485. The minimum Gasteiger partial charge on any atom is -0.465 e. The van der Waals surface area contributed by atoms with Gasteiger partial charge in [0.15, 0.2) is 11.6 Å². The topological polar surface area (TPSA) is 82.3 Å². The molecule has 0 aliphatic rings. The van der Waals surface area contributed by atoms with E-state index in [-0.39, 0.29) is 11.3 Å². The van der Waals surface area contributed by atoms with Crippen LogP contribution in [-0.4, -0.2) is 17.8 Å². The van der Waals surface area contributed by atoms with Gasteiger partial charge in [-0.3, -0.25) is 5.32 Å². The van der Waals surface area contributed by atoms with Crippen molar-refractivity contribution in [3.05, 3.63) is 23.5 Å². The smallest absolute Gasteiger partial charge is 0.409 e. The summed E-state index contributed by atoms with van der Waals surface area (Å²) >= 11 is 0. The van der Waals surface area contributed by atoms with Crippen LogP contribution in [0.3, 0.4) is 0 Å². The Labute approximate surface area is 93.0 Å². The summed E-state index contributed by atoms with van der Waals surface area (Å²) in [6.07, 6.45) is -1.52. The number of ether oxygens (including phenoxy) is 1. The molecule has 1 rings (SSSR count). The third-order valence-corrected chi connectivity index (χ3v) is 1.65. The molecule has 1 aromatic carbocycles. The van der Waals surface area contributed by atoms with Crippen LogP contribution in [0.2, 0.25) is 0 Å². The van der Waals surface area contributed by atoms with E-state index in [0.29, 0.717) is 12.1 Å². The first-order chi connectivity index (χ1) is 7.93. The van der Waals surface area contributed by atoms with Gasteiger partial charge in [0, 0.05) is 6.07 Å². The van der Waals surface area contributed by atoms with Gasteiger partial charge in [0.05, 0.1) is 11.3 Å². The van der Waals surface area contributed by atoms with Crippen LogP contribution in [0.1, 0.15) is 5.56 Å². The van der Waals surface area contributed by atoms with Crippen molar-refractivity contribution in [3.8, 4) is 11.8 Å². The van der Waals surface area contributed by atoms with E-state index in [1.807, 2.05) is 0 Å². The zero-order valence-electron chi connectivity index (χ0n) is 8.08. The molecule has 0 aliphatic heterocycles. The van der Waals surface area contributed by atoms with E-state index in [2.05, 4.69) is 4.74 Å². The lowest BCUT2D eigenvalue weighted by molar-refractivity contribution is -0.0521. The number of rotatable bonds is 3. The SMILES string of the molecule is N#Cc1cc(F)c(OC(F)F)cc1NC(=O)O. The largest absolute Gasteiger partial charge is 0.465 e. The number of alkyl halides is 2. The number of hydrogen-bond donors (Lipinski definition) is 2. The van der Waals surface area contributed by atoms with Gasteiger partial charge in [-0.15, -0.1) is 0 Å². The van der Waals surface area contributed by atoms with Crippen LogP contribution in [-0.2, 0) is 0 Å². The van der Waals surface area contributed by atoms with E-state index in [0.717, 1.165) is 0 Å². The van der Waals surface area contributed by atoms with Gasteiger partial charge in [-0.05, 0) is 6.07 Å². The van der Waals surface area contributed by atoms with Crippen molar-refractivity contribution in [1.82, 2.24) is 0 Å². The van der Waals surface area contributed by atoms with E-state index in [9.17, 15) is 18.0 Å². The first kappa shape index (κ1) is 12.6. The molecule has 8 heteroatoms. The van der Waals surface area contributed by atoms with Gasteiger partial charge in [-0.1, -0.05) is 0 Å². The van der Waals surface area contributed by atoms with E-state index in [4.69, 9.17) is 10.4 Å². The number of carbonyl (C=O) groups is 1. The highest BCUT2D eigenvalue weighted by Crippen LogP contribution is 2.27. The molecule has 1 aromatic rings. The molecule has 1 amide bonds. The molecule has 0 bridgehead atoms. The van der Waals surface area contributed by atoms with E-state index in [1.54, 1.807) is 5.32 Å². The maximum Gasteiger partial charge on any atom is 0.409 e. The maximum atomic E-state index is 13.1. The molecule has 2 N–H and O–H groups in total. The molecule has 0 saturated carbocycles. The van der Waals surface area contributed by atoms with Gasteiger partial charge in [0.25, 0.3) is 0 Å². The van der Waals surface area contributed by atoms with Crippen LogP contribution < -0.4 is 10.1 Å². The van der Waals surface area contributed by atoms with Gasteiger partial charge < -0.3 is 9.84 Å². The summed E-state index contributed by atoms with van der Waals surface area (Å²) in [6, 6.07) is 2.79. The molecule has 0 radical (unpaired) electrons. The standard InChI is InChI=1S/C9H5F3N2O3/c10-5-1-4(3-13)6(14-9(15)16)2-7(5)17-8(11)12/h1-2,8,14H,(H,15,16). The van der Waals surface area contributed by atoms with Gasteiger partial charge in [-0.2, -0.15) is 14.0 Å². The Kier molecular flexibility index (Phi) is 3.77. The molecule has 90 valence electrons. The third-order valence-electron chi connectivity index (χ3n) is 1.65. The normalized spacial score (nSPS) is 9.82. The second-order valence-corrected chi connectivity index (χ2v) is 2.75. The molecule has 0 atom stereocenters. The summed E-state index contributed by atoms with van der Waals surface area (Å²) < 4.78 is 40.7. The average Bonchev–Trinajstić information content (AvgIpc) is 2.21. The molecule has 0 saturated heterocycles. The highest BCUT2D eigenvalue weighted by atomic mass is 19.3. The number of nitrogens with one attached hydrogen (secondary N) is 1. The Morgan fingerprint density at radius 2 is 2.18 bits per heavy atom. The van der Waals surface area contributed by atoms with Crippen LogP contribution >= 0.6 is 0 Å². The molecule has 0 aliphatic carbocycles. The Hall–Kier alpha value is -2.43. The molecule has 0 unspecified atom stereocenters. The molecular formula is C9H5F3N2O3. The molecule has 17 heavy (non-hydrogen) atoms. The average molecular weight is 246 g/mol. The van der Waals surface area contributed by atoms with Gasteiger partial charge in [0.1, 0.15) is 6.07 Å². The Balaban J connectivity index is 3.18. The number of benzene rings is 1. The monoisotopic (exact) mass is 246 g/mol. The van der Waals surface area contributed by atoms with Crippen LogP contribution in [0.15, 0.2) is 12.1 Å². The molecule has 5 nitrogen and oxygen atoms in total. The lowest BCUT2D eigenvalue weighted by Crippen LogP contribution is -2.10. The van der Waals surface area contributed by atoms with Gasteiger partial charge in [0.2, 0.25) is 0 Å². The first-order valence-corrected chi connectivity index (χ1v) is 4.12. The summed E-state index contributed by atoms with van der Waals surface area (Å²) in [7, 11) is 0. The third kappa shape index (κ3) is 3.27. The van der Waals surface area contributed by atoms with Crippen LogP contribution in [0.5, 0.6) is 5.75 Å². The summed E-state index contributed by atoms with van der Waals surface area (Å²) in [5.74, 6) is -2.03. The highest BCUT2D eigenvalue weighted by molar-refractivity contribution is 5.85. The number of nitriles is 1. The minimum absolute atomic E-state index is 0.336. The summed E-state index contributed by atoms with van der Waals surface area (Å²) in [5, 5.41) is 18.8. The number of anilines is 1. The predicted molar refractivity (Wildman–Crippen MR) is 49.4 cm³/mol. The second-order valence-electron chi connectivity index (χ2n) is 2.75. The van der Waals surface area contributed by atoms with Gasteiger partial charge >= 0.3 is 12.7 Å². The number of nitrogens with zero attached hydrogens (tertiary/aromatic N) is 1. The highest BCUT2D eigenvalue weighted by Gasteiger charge is 2.15. The molecule has 0 spiro atoms. The first-order valence-electron chi connectivity index (χ1n) is 4.12. The van der Waals surface area contributed by atoms with E-state index < -0.39 is 24.3 Å². The maximum absolute atomic E-state index is 13.1. The van der Waals surface area contributed by atoms with E-state index in [1.165, 1.54) is 6.07 Å². The van der Waals surface area contributed by atoms with Crippen molar-refractivity contribution < 1.29 is 27.8 Å². The molecule has 0 heterocycles. The van der Waals surface area contributed by atoms with Crippen molar-refractivity contribution >= 4 is 11.8 Å². The van der Waals surface area contributed by atoms with Crippen molar-refractivity contribution in [3.63, 3.8) is 0 Å². The lowest BCUT2D eigenvalue weighted by atomic mass is 10.2. The van der Waals surface area contributed by atoms with Crippen LogP contribution in [0, 0.1) is 17.1 Å². The zero-order valence-corrected chi connectivity index (χ0v) is 8.08. The molecule has 0 fully saturated rings. The van der Waals surface area contributed by atoms with Crippen molar-refractivity contribution in [1.29, 1.82) is 5.26 Å². The van der Waals surface area contributed by atoms with Crippen LogP contribution in [0.25, 0.3) is 0 Å². The van der Waals surface area contributed by atoms with Crippen molar-refractivity contribution in [2.75, 3.05) is 5.32 Å². The molecular weight excluding hydrogens is 241 g/mol. The Morgan fingerprint density at radius 3 is 2.65 bits per heavy atom.